The summed E-state index contributed by atoms with van der Waals surface area (Å²) in [6.07, 6.45) is 3.65. The van der Waals surface area contributed by atoms with Crippen LogP contribution in [0.5, 0.6) is 0 Å². The zero-order chi connectivity index (χ0) is 17.8. The van der Waals surface area contributed by atoms with Crippen LogP contribution in [-0.2, 0) is 0 Å². The summed E-state index contributed by atoms with van der Waals surface area (Å²) in [5.74, 6) is 1.75. The van der Waals surface area contributed by atoms with E-state index in [1.165, 1.54) is 45.4 Å². The van der Waals surface area contributed by atoms with Gasteiger partial charge >= 0.3 is 0 Å². The maximum Gasteiger partial charge on any atom is 0.191 e. The van der Waals surface area contributed by atoms with E-state index in [9.17, 15) is 0 Å². The van der Waals surface area contributed by atoms with E-state index in [2.05, 4.69) is 55.1 Å². The minimum Gasteiger partial charge on any atom is -0.357 e. The highest BCUT2D eigenvalue weighted by atomic mass is 15.2. The van der Waals surface area contributed by atoms with Crippen molar-refractivity contribution in [2.45, 2.75) is 59.9 Å². The van der Waals surface area contributed by atoms with Gasteiger partial charge in [-0.25, -0.2) is 0 Å². The van der Waals surface area contributed by atoms with Gasteiger partial charge in [-0.05, 0) is 45.2 Å². The van der Waals surface area contributed by atoms with Crippen molar-refractivity contribution in [3.63, 3.8) is 0 Å². The van der Waals surface area contributed by atoms with Gasteiger partial charge in [-0.3, -0.25) is 4.99 Å². The second-order valence-corrected chi connectivity index (χ2v) is 7.31. The van der Waals surface area contributed by atoms with E-state index < -0.39 is 0 Å². The number of hydrogen-bond acceptors (Lipinski definition) is 3. The lowest BCUT2D eigenvalue weighted by Crippen LogP contribution is -2.49. The number of likely N-dealkylation sites (tertiary alicyclic amines) is 1. The van der Waals surface area contributed by atoms with E-state index in [1.54, 1.807) is 0 Å². The molecule has 0 aliphatic carbocycles. The number of likely N-dealkylation sites (N-methyl/N-ethyl adjacent to an activating group) is 1. The van der Waals surface area contributed by atoms with Gasteiger partial charge in [-0.1, -0.05) is 27.7 Å². The zero-order valence-corrected chi connectivity index (χ0v) is 16.8. The van der Waals surface area contributed by atoms with Gasteiger partial charge in [0.1, 0.15) is 0 Å². The molecule has 24 heavy (non-hydrogen) atoms. The first-order valence-electron chi connectivity index (χ1n) is 10.1. The first kappa shape index (κ1) is 21.2. The molecule has 0 bridgehead atoms. The van der Waals surface area contributed by atoms with Crippen molar-refractivity contribution in [1.29, 1.82) is 0 Å². The van der Waals surface area contributed by atoms with Gasteiger partial charge in [0, 0.05) is 38.8 Å². The van der Waals surface area contributed by atoms with Crippen LogP contribution in [0.25, 0.3) is 0 Å². The monoisotopic (exact) mass is 339 g/mol. The van der Waals surface area contributed by atoms with Crippen LogP contribution in [0.3, 0.4) is 0 Å². The van der Waals surface area contributed by atoms with Crippen molar-refractivity contribution >= 4 is 5.96 Å². The minimum atomic E-state index is 0.559. The average Bonchev–Trinajstić information content (AvgIpc) is 2.55. The van der Waals surface area contributed by atoms with Crippen molar-refractivity contribution in [3.05, 3.63) is 0 Å². The van der Waals surface area contributed by atoms with E-state index in [-0.39, 0.29) is 0 Å². The van der Waals surface area contributed by atoms with Gasteiger partial charge in [0.2, 0.25) is 0 Å². The summed E-state index contributed by atoms with van der Waals surface area (Å²) >= 11 is 0. The topological polar surface area (TPSA) is 42.9 Å². The average molecular weight is 340 g/mol. The van der Waals surface area contributed by atoms with E-state index in [0.29, 0.717) is 6.04 Å². The Labute approximate surface area is 150 Å². The van der Waals surface area contributed by atoms with E-state index in [4.69, 9.17) is 4.99 Å². The third-order valence-corrected chi connectivity index (χ3v) is 4.57. The lowest BCUT2D eigenvalue weighted by molar-refractivity contribution is 0.187. The molecule has 1 heterocycles. The van der Waals surface area contributed by atoms with Gasteiger partial charge in [-0.15, -0.1) is 0 Å². The summed E-state index contributed by atoms with van der Waals surface area (Å²) < 4.78 is 0. The Morgan fingerprint density at radius 3 is 2.42 bits per heavy atom. The Bertz CT molecular complexity index is 335. The first-order chi connectivity index (χ1) is 11.6. The number of nitrogens with zero attached hydrogens (tertiary/aromatic N) is 3. The molecule has 1 rings (SSSR count). The summed E-state index contributed by atoms with van der Waals surface area (Å²) in [5, 5.41) is 7.05. The lowest BCUT2D eigenvalue weighted by Gasteiger charge is -2.34. The molecule has 0 aromatic rings. The molecule has 0 radical (unpaired) electrons. The molecule has 0 aromatic carbocycles. The van der Waals surface area contributed by atoms with Crippen LogP contribution in [0.1, 0.15) is 53.9 Å². The Balaban J connectivity index is 2.38. The Morgan fingerprint density at radius 1 is 1.17 bits per heavy atom. The normalized spacial score (nSPS) is 17.7. The highest BCUT2D eigenvalue weighted by molar-refractivity contribution is 5.80. The third kappa shape index (κ3) is 8.88. The molecule has 0 saturated carbocycles. The summed E-state index contributed by atoms with van der Waals surface area (Å²) in [6, 6.07) is 0.559. The summed E-state index contributed by atoms with van der Waals surface area (Å²) in [4.78, 5) is 9.85. The van der Waals surface area contributed by atoms with E-state index in [0.717, 1.165) is 38.1 Å². The Morgan fingerprint density at radius 2 is 1.88 bits per heavy atom. The molecule has 0 unspecified atom stereocenters. The number of rotatable bonds is 10. The van der Waals surface area contributed by atoms with Crippen LogP contribution in [0.15, 0.2) is 4.99 Å². The fourth-order valence-electron chi connectivity index (χ4n) is 3.34. The second kappa shape index (κ2) is 12.5. The molecule has 0 aromatic heterocycles. The lowest BCUT2D eigenvalue weighted by atomic mass is 10.0. The number of hydrogen-bond donors (Lipinski definition) is 2. The predicted octanol–water partition coefficient (Wildman–Crippen LogP) is 2.39. The number of nitrogens with one attached hydrogen (secondary N) is 2. The van der Waals surface area contributed by atoms with Crippen molar-refractivity contribution in [1.82, 2.24) is 20.4 Å². The molecule has 1 fully saturated rings. The van der Waals surface area contributed by atoms with Gasteiger partial charge in [0.05, 0.1) is 6.54 Å². The van der Waals surface area contributed by atoms with Crippen LogP contribution in [-0.4, -0.2) is 74.2 Å². The van der Waals surface area contributed by atoms with E-state index >= 15 is 0 Å². The van der Waals surface area contributed by atoms with Gasteiger partial charge in [-0.2, -0.15) is 0 Å². The van der Waals surface area contributed by atoms with Gasteiger partial charge in [0.25, 0.3) is 0 Å². The Hall–Kier alpha value is -0.810. The van der Waals surface area contributed by atoms with Crippen LogP contribution in [0.4, 0.5) is 0 Å². The van der Waals surface area contributed by atoms with E-state index in [1.807, 2.05) is 0 Å². The number of aliphatic imine (C=N–C) groups is 1. The SMILES string of the molecule is CCCN(CC)CCN=C(NCC)NC1CCN(CC(C)C)CC1. The highest BCUT2D eigenvalue weighted by Crippen LogP contribution is 2.12. The molecule has 0 atom stereocenters. The smallest absolute Gasteiger partial charge is 0.191 e. The maximum atomic E-state index is 4.78. The zero-order valence-electron chi connectivity index (χ0n) is 16.8. The Kier molecular flexibility index (Phi) is 11.1. The quantitative estimate of drug-likeness (QED) is 0.474. The number of piperidine rings is 1. The van der Waals surface area contributed by atoms with Gasteiger partial charge in [0.15, 0.2) is 5.96 Å². The molecular formula is C19H41N5. The van der Waals surface area contributed by atoms with Crippen molar-refractivity contribution in [2.75, 3.05) is 52.4 Å². The molecule has 1 aliphatic rings. The van der Waals surface area contributed by atoms with Crippen molar-refractivity contribution < 1.29 is 0 Å². The largest absolute Gasteiger partial charge is 0.357 e. The van der Waals surface area contributed by atoms with Crippen LogP contribution in [0.2, 0.25) is 0 Å². The number of guanidine groups is 1. The van der Waals surface area contributed by atoms with Crippen molar-refractivity contribution in [3.8, 4) is 0 Å². The molecule has 1 saturated heterocycles. The summed E-state index contributed by atoms with van der Waals surface area (Å²) in [7, 11) is 0. The van der Waals surface area contributed by atoms with Crippen LogP contribution < -0.4 is 10.6 Å². The van der Waals surface area contributed by atoms with Crippen molar-refractivity contribution in [2.24, 2.45) is 10.9 Å². The fourth-order valence-corrected chi connectivity index (χ4v) is 3.34. The molecular weight excluding hydrogens is 298 g/mol. The predicted molar refractivity (Wildman–Crippen MR) is 106 cm³/mol. The molecule has 2 N–H and O–H groups in total. The second-order valence-electron chi connectivity index (χ2n) is 7.31. The molecule has 0 spiro atoms. The van der Waals surface area contributed by atoms with Crippen LogP contribution >= 0.6 is 0 Å². The van der Waals surface area contributed by atoms with Crippen LogP contribution in [0, 0.1) is 5.92 Å². The fraction of sp³-hybridized carbons (Fsp3) is 0.947. The minimum absolute atomic E-state index is 0.559. The standard InChI is InChI=1S/C19H41N5/c1-6-12-23(8-3)15-11-21-19(20-7-2)22-18-9-13-24(14-10-18)16-17(4)5/h17-18H,6-16H2,1-5H3,(H2,20,21,22). The first-order valence-corrected chi connectivity index (χ1v) is 10.1. The van der Waals surface area contributed by atoms with Gasteiger partial charge < -0.3 is 20.4 Å². The summed E-state index contributed by atoms with van der Waals surface area (Å²) in [5.41, 5.74) is 0. The highest BCUT2D eigenvalue weighted by Gasteiger charge is 2.20. The molecule has 0 amide bonds. The maximum absolute atomic E-state index is 4.78. The molecule has 5 heteroatoms. The third-order valence-electron chi connectivity index (χ3n) is 4.57. The molecule has 5 nitrogen and oxygen atoms in total. The summed E-state index contributed by atoms with van der Waals surface area (Å²) in [6.45, 7) is 20.0. The molecule has 1 aliphatic heterocycles. The molecule has 142 valence electrons.